The molecule has 2 atom stereocenters. The highest BCUT2D eigenvalue weighted by molar-refractivity contribution is 5.82. The number of hydrogen-bond donors (Lipinski definition) is 3. The lowest BCUT2D eigenvalue weighted by molar-refractivity contribution is -0.123. The molecule has 21 heavy (non-hydrogen) atoms. The van der Waals surface area contributed by atoms with Gasteiger partial charge in [0.2, 0.25) is 5.91 Å². The summed E-state index contributed by atoms with van der Waals surface area (Å²) in [7, 11) is 0. The van der Waals surface area contributed by atoms with Crippen molar-refractivity contribution in [1.29, 1.82) is 0 Å². The predicted molar refractivity (Wildman–Crippen MR) is 77.0 cm³/mol. The summed E-state index contributed by atoms with van der Waals surface area (Å²) in [5, 5.41) is 16.1. The number of halogens is 1. The fraction of sp³-hybridized carbons (Fsp3) is 0.562. The zero-order valence-corrected chi connectivity index (χ0v) is 11.9. The Balaban J connectivity index is 1.50. The lowest BCUT2D eigenvalue weighted by atomic mass is 9.92. The monoisotopic (exact) mass is 292 g/mol. The summed E-state index contributed by atoms with van der Waals surface area (Å²) in [5.41, 5.74) is 0.682. The molecule has 0 bridgehead atoms. The second-order valence-electron chi connectivity index (χ2n) is 6.19. The van der Waals surface area contributed by atoms with Crippen LogP contribution in [0.5, 0.6) is 0 Å². The van der Waals surface area contributed by atoms with Crippen LogP contribution < -0.4 is 10.6 Å². The number of nitrogens with one attached hydrogen (secondary N) is 2. The van der Waals surface area contributed by atoms with Gasteiger partial charge in [0.1, 0.15) is 5.82 Å². The molecule has 2 unspecified atom stereocenters. The zero-order chi connectivity index (χ0) is 14.9. The van der Waals surface area contributed by atoms with Crippen LogP contribution in [-0.4, -0.2) is 30.6 Å². The van der Waals surface area contributed by atoms with Gasteiger partial charge in [-0.3, -0.25) is 4.79 Å². The van der Waals surface area contributed by atoms with Gasteiger partial charge in [0.05, 0.1) is 6.10 Å². The van der Waals surface area contributed by atoms with Crippen LogP contribution in [0.4, 0.5) is 4.39 Å². The fourth-order valence-electron chi connectivity index (χ4n) is 3.35. The molecule has 5 heteroatoms. The number of amides is 1. The van der Waals surface area contributed by atoms with Crippen molar-refractivity contribution in [3.63, 3.8) is 0 Å². The molecule has 1 amide bonds. The Morgan fingerprint density at radius 3 is 2.95 bits per heavy atom. The molecule has 1 saturated heterocycles. The van der Waals surface area contributed by atoms with Crippen LogP contribution in [0.25, 0.3) is 0 Å². The number of carbonyl (C=O) groups is 1. The van der Waals surface area contributed by atoms with Gasteiger partial charge in [0.25, 0.3) is 0 Å². The first-order valence-corrected chi connectivity index (χ1v) is 7.53. The molecule has 1 aliphatic carbocycles. The van der Waals surface area contributed by atoms with E-state index in [0.717, 1.165) is 32.4 Å². The quantitative estimate of drug-likeness (QED) is 0.785. The van der Waals surface area contributed by atoms with Crippen LogP contribution in [0.2, 0.25) is 0 Å². The summed E-state index contributed by atoms with van der Waals surface area (Å²) < 4.78 is 13.1. The van der Waals surface area contributed by atoms with E-state index in [-0.39, 0.29) is 29.6 Å². The summed E-state index contributed by atoms with van der Waals surface area (Å²) in [4.78, 5) is 12.2. The van der Waals surface area contributed by atoms with Gasteiger partial charge in [0.15, 0.2) is 0 Å². The second-order valence-corrected chi connectivity index (χ2v) is 6.19. The summed E-state index contributed by atoms with van der Waals surface area (Å²) in [6, 6.07) is 5.84. The van der Waals surface area contributed by atoms with Crippen molar-refractivity contribution in [1.82, 2.24) is 10.6 Å². The van der Waals surface area contributed by atoms with E-state index < -0.39 is 6.10 Å². The molecule has 1 heterocycles. The number of rotatable bonds is 4. The molecule has 0 aromatic heterocycles. The summed E-state index contributed by atoms with van der Waals surface area (Å²) in [6.45, 7) is 2.10. The Hall–Kier alpha value is -1.46. The van der Waals surface area contributed by atoms with E-state index in [0.29, 0.717) is 5.56 Å². The Morgan fingerprint density at radius 1 is 1.48 bits per heavy atom. The average Bonchev–Trinajstić information content (AvgIpc) is 3.18. The summed E-state index contributed by atoms with van der Waals surface area (Å²) in [5.74, 6) is -0.277. The molecule has 3 N–H and O–H groups in total. The van der Waals surface area contributed by atoms with Crippen molar-refractivity contribution in [3.05, 3.63) is 35.6 Å². The van der Waals surface area contributed by atoms with E-state index in [1.54, 1.807) is 12.1 Å². The van der Waals surface area contributed by atoms with Crippen LogP contribution in [0, 0.1) is 17.2 Å². The highest BCUT2D eigenvalue weighted by Crippen LogP contribution is 2.58. The lowest BCUT2D eigenvalue weighted by Crippen LogP contribution is -2.35. The second kappa shape index (κ2) is 5.73. The Labute approximate surface area is 123 Å². The number of carbonyl (C=O) groups excluding carboxylic acids is 1. The highest BCUT2D eigenvalue weighted by Gasteiger charge is 2.57. The SMILES string of the molecule is O=C(NCC(O)c1cccc(F)c1)C1CC12CCNCC2. The Morgan fingerprint density at radius 2 is 2.24 bits per heavy atom. The molecule has 2 aliphatic rings. The summed E-state index contributed by atoms with van der Waals surface area (Å²) >= 11 is 0. The Bertz CT molecular complexity index is 529. The van der Waals surface area contributed by atoms with Crippen molar-refractivity contribution in [2.75, 3.05) is 19.6 Å². The molecule has 4 nitrogen and oxygen atoms in total. The van der Waals surface area contributed by atoms with Crippen LogP contribution in [-0.2, 0) is 4.79 Å². The van der Waals surface area contributed by atoms with Gasteiger partial charge in [-0.25, -0.2) is 4.39 Å². The minimum atomic E-state index is -0.868. The van der Waals surface area contributed by atoms with E-state index in [2.05, 4.69) is 10.6 Å². The van der Waals surface area contributed by atoms with Gasteiger partial charge in [-0.15, -0.1) is 0 Å². The molecule has 1 aliphatic heterocycles. The predicted octanol–water partition coefficient (Wildman–Crippen LogP) is 1.36. The third-order valence-electron chi connectivity index (χ3n) is 4.81. The van der Waals surface area contributed by atoms with Crippen LogP contribution >= 0.6 is 0 Å². The Kier molecular flexibility index (Phi) is 3.95. The van der Waals surface area contributed by atoms with Crippen LogP contribution in [0.1, 0.15) is 30.9 Å². The van der Waals surface area contributed by atoms with Crippen molar-refractivity contribution in [3.8, 4) is 0 Å². The first-order chi connectivity index (χ1) is 10.1. The number of piperidine rings is 1. The molecule has 1 spiro atoms. The maximum atomic E-state index is 13.1. The molecular weight excluding hydrogens is 271 g/mol. The number of hydrogen-bond acceptors (Lipinski definition) is 3. The minimum absolute atomic E-state index is 0.0207. The van der Waals surface area contributed by atoms with E-state index >= 15 is 0 Å². The topological polar surface area (TPSA) is 61.4 Å². The molecular formula is C16H21FN2O2. The van der Waals surface area contributed by atoms with Gasteiger partial charge in [-0.1, -0.05) is 12.1 Å². The van der Waals surface area contributed by atoms with Crippen molar-refractivity contribution < 1.29 is 14.3 Å². The van der Waals surface area contributed by atoms with E-state index in [9.17, 15) is 14.3 Å². The van der Waals surface area contributed by atoms with E-state index in [1.807, 2.05) is 0 Å². The minimum Gasteiger partial charge on any atom is -0.387 e. The molecule has 2 fully saturated rings. The number of aliphatic hydroxyl groups excluding tert-OH is 1. The van der Waals surface area contributed by atoms with E-state index in [1.165, 1.54) is 12.1 Å². The molecule has 3 rings (SSSR count). The fourth-order valence-corrected chi connectivity index (χ4v) is 3.35. The van der Waals surface area contributed by atoms with Crippen LogP contribution in [0.15, 0.2) is 24.3 Å². The third-order valence-corrected chi connectivity index (χ3v) is 4.81. The molecule has 1 saturated carbocycles. The molecule has 0 radical (unpaired) electrons. The van der Waals surface area contributed by atoms with Gasteiger partial charge in [0, 0.05) is 12.5 Å². The van der Waals surface area contributed by atoms with Gasteiger partial charge in [-0.2, -0.15) is 0 Å². The molecule has 114 valence electrons. The summed E-state index contributed by atoms with van der Waals surface area (Å²) in [6.07, 6.45) is 2.19. The van der Waals surface area contributed by atoms with Crippen molar-refractivity contribution in [2.24, 2.45) is 11.3 Å². The first kappa shape index (κ1) is 14.5. The highest BCUT2D eigenvalue weighted by atomic mass is 19.1. The molecule has 1 aromatic carbocycles. The lowest BCUT2D eigenvalue weighted by Gasteiger charge is -2.23. The first-order valence-electron chi connectivity index (χ1n) is 7.53. The van der Waals surface area contributed by atoms with Crippen LogP contribution in [0.3, 0.4) is 0 Å². The third kappa shape index (κ3) is 3.09. The number of aliphatic hydroxyl groups is 1. The largest absolute Gasteiger partial charge is 0.387 e. The molecule has 1 aromatic rings. The van der Waals surface area contributed by atoms with Gasteiger partial charge >= 0.3 is 0 Å². The average molecular weight is 292 g/mol. The van der Waals surface area contributed by atoms with Gasteiger partial charge in [-0.05, 0) is 55.5 Å². The van der Waals surface area contributed by atoms with Crippen molar-refractivity contribution in [2.45, 2.75) is 25.4 Å². The van der Waals surface area contributed by atoms with Gasteiger partial charge < -0.3 is 15.7 Å². The normalized spacial score (nSPS) is 24.6. The number of benzene rings is 1. The maximum absolute atomic E-state index is 13.1. The van der Waals surface area contributed by atoms with Crippen molar-refractivity contribution >= 4 is 5.91 Å². The maximum Gasteiger partial charge on any atom is 0.223 e. The standard InChI is InChI=1S/C16H21FN2O2/c17-12-3-1-2-11(8-12)14(20)10-19-15(21)13-9-16(13)4-6-18-7-5-16/h1-3,8,13-14,18,20H,4-7,9-10H2,(H,19,21). The smallest absolute Gasteiger partial charge is 0.223 e. The van der Waals surface area contributed by atoms with E-state index in [4.69, 9.17) is 0 Å². The zero-order valence-electron chi connectivity index (χ0n) is 11.9.